The summed E-state index contributed by atoms with van der Waals surface area (Å²) in [5.74, 6) is 0. The Morgan fingerprint density at radius 3 is 2.87 bits per heavy atom. The highest BCUT2D eigenvalue weighted by molar-refractivity contribution is 6.31. The first-order chi connectivity index (χ1) is 7.26. The van der Waals surface area contributed by atoms with Crippen molar-refractivity contribution in [2.75, 3.05) is 7.11 Å². The van der Waals surface area contributed by atoms with Gasteiger partial charge in [-0.15, -0.1) is 0 Å². The Bertz CT molecular complexity index is 476. The molecule has 0 spiro atoms. The maximum absolute atomic E-state index is 5.99. The summed E-state index contributed by atoms with van der Waals surface area (Å²) in [4.78, 5) is 0. The molecule has 2 rings (SSSR count). The van der Waals surface area contributed by atoms with Crippen LogP contribution in [0.4, 0.5) is 0 Å². The van der Waals surface area contributed by atoms with Gasteiger partial charge in [-0.3, -0.25) is 0 Å². The first-order valence-electron chi connectivity index (χ1n) is 5.02. The third kappa shape index (κ3) is 1.87. The van der Waals surface area contributed by atoms with Crippen LogP contribution in [0.2, 0.25) is 5.02 Å². The van der Waals surface area contributed by atoms with Gasteiger partial charge in [0.2, 0.25) is 0 Å². The summed E-state index contributed by atoms with van der Waals surface area (Å²) in [6, 6.07) is 5.98. The molecule has 0 amide bonds. The van der Waals surface area contributed by atoms with Crippen LogP contribution < -0.4 is 0 Å². The molecule has 0 atom stereocenters. The van der Waals surface area contributed by atoms with Crippen molar-refractivity contribution in [3.63, 3.8) is 0 Å². The van der Waals surface area contributed by atoms with Gasteiger partial charge in [0.05, 0.1) is 6.61 Å². The smallest absolute Gasteiger partial charge is 0.0733 e. The molecule has 0 aliphatic rings. The number of methoxy groups -OCH3 is 1. The van der Waals surface area contributed by atoms with Crippen molar-refractivity contribution >= 4 is 22.5 Å². The molecule has 0 N–H and O–H groups in total. The molecule has 0 bridgehead atoms. The minimum atomic E-state index is 0.629. The number of fused-ring (bicyclic) bond motifs is 1. The minimum Gasteiger partial charge on any atom is -0.380 e. The van der Waals surface area contributed by atoms with Crippen LogP contribution in [0.15, 0.2) is 24.4 Å². The van der Waals surface area contributed by atoms with E-state index in [1.807, 2.05) is 12.1 Å². The van der Waals surface area contributed by atoms with Crippen molar-refractivity contribution in [1.82, 2.24) is 4.57 Å². The fraction of sp³-hybridized carbons (Fsp3) is 0.333. The Morgan fingerprint density at radius 1 is 1.40 bits per heavy atom. The molecule has 80 valence electrons. The van der Waals surface area contributed by atoms with Crippen molar-refractivity contribution in [1.29, 1.82) is 0 Å². The summed E-state index contributed by atoms with van der Waals surface area (Å²) >= 11 is 5.99. The van der Waals surface area contributed by atoms with Crippen LogP contribution in [0.3, 0.4) is 0 Å². The average molecular weight is 224 g/mol. The second-order valence-electron chi connectivity index (χ2n) is 3.53. The molecule has 0 radical (unpaired) electrons. The lowest BCUT2D eigenvalue weighted by molar-refractivity contribution is 0.186. The van der Waals surface area contributed by atoms with Crippen LogP contribution in [-0.2, 0) is 17.9 Å². The van der Waals surface area contributed by atoms with E-state index in [9.17, 15) is 0 Å². The molecular weight excluding hydrogens is 210 g/mol. The van der Waals surface area contributed by atoms with E-state index in [-0.39, 0.29) is 0 Å². The maximum Gasteiger partial charge on any atom is 0.0733 e. The molecule has 1 aromatic heterocycles. The van der Waals surface area contributed by atoms with E-state index in [2.05, 4.69) is 23.8 Å². The van der Waals surface area contributed by atoms with Gasteiger partial charge < -0.3 is 9.30 Å². The molecule has 0 saturated carbocycles. The predicted molar refractivity (Wildman–Crippen MR) is 63.3 cm³/mol. The lowest BCUT2D eigenvalue weighted by Crippen LogP contribution is -1.90. The fourth-order valence-electron chi connectivity index (χ4n) is 1.88. The van der Waals surface area contributed by atoms with Crippen molar-refractivity contribution < 1.29 is 4.74 Å². The summed E-state index contributed by atoms with van der Waals surface area (Å²) in [6.07, 6.45) is 2.13. The van der Waals surface area contributed by atoms with E-state index < -0.39 is 0 Å². The average Bonchev–Trinajstić information content (AvgIpc) is 2.57. The van der Waals surface area contributed by atoms with Gasteiger partial charge in [0.15, 0.2) is 0 Å². The minimum absolute atomic E-state index is 0.629. The highest BCUT2D eigenvalue weighted by atomic mass is 35.5. The molecule has 0 unspecified atom stereocenters. The molecule has 3 heteroatoms. The Morgan fingerprint density at radius 2 is 2.20 bits per heavy atom. The zero-order valence-electron chi connectivity index (χ0n) is 8.96. The zero-order chi connectivity index (χ0) is 10.8. The monoisotopic (exact) mass is 223 g/mol. The molecule has 1 heterocycles. The van der Waals surface area contributed by atoms with Gasteiger partial charge in [-0.25, -0.2) is 0 Å². The van der Waals surface area contributed by atoms with Crippen molar-refractivity contribution in [2.24, 2.45) is 0 Å². The second kappa shape index (κ2) is 4.25. The van der Waals surface area contributed by atoms with Gasteiger partial charge in [0.1, 0.15) is 0 Å². The normalized spacial score (nSPS) is 11.1. The molecular formula is C12H14ClNO. The van der Waals surface area contributed by atoms with E-state index in [1.54, 1.807) is 7.11 Å². The number of aryl methyl sites for hydroxylation is 1. The number of halogens is 1. The van der Waals surface area contributed by atoms with Crippen LogP contribution in [-0.4, -0.2) is 11.7 Å². The second-order valence-corrected chi connectivity index (χ2v) is 3.97. The van der Waals surface area contributed by atoms with E-state index in [4.69, 9.17) is 16.3 Å². The molecule has 2 aromatic rings. The summed E-state index contributed by atoms with van der Waals surface area (Å²) in [7, 11) is 1.71. The first-order valence-corrected chi connectivity index (χ1v) is 5.40. The third-order valence-electron chi connectivity index (χ3n) is 2.57. The highest BCUT2D eigenvalue weighted by Gasteiger charge is 2.07. The molecule has 0 fully saturated rings. The SMILES string of the molecule is CCn1cc(COC)c2cc(Cl)ccc21. The Hall–Kier alpha value is -0.990. The number of ether oxygens (including phenoxy) is 1. The van der Waals surface area contributed by atoms with Gasteiger partial charge >= 0.3 is 0 Å². The molecule has 0 saturated heterocycles. The largest absolute Gasteiger partial charge is 0.380 e. The number of benzene rings is 1. The summed E-state index contributed by atoms with van der Waals surface area (Å²) in [5.41, 5.74) is 2.41. The van der Waals surface area contributed by atoms with Crippen LogP contribution in [0, 0.1) is 0 Å². The van der Waals surface area contributed by atoms with Crippen LogP contribution >= 0.6 is 11.6 Å². The number of nitrogens with zero attached hydrogens (tertiary/aromatic N) is 1. The Balaban J connectivity index is 2.64. The number of hydrogen-bond donors (Lipinski definition) is 0. The molecule has 0 aliphatic heterocycles. The Labute approximate surface area is 94.4 Å². The van der Waals surface area contributed by atoms with Crippen LogP contribution in [0.25, 0.3) is 10.9 Å². The van der Waals surface area contributed by atoms with Crippen LogP contribution in [0.1, 0.15) is 12.5 Å². The summed E-state index contributed by atoms with van der Waals surface area (Å²) < 4.78 is 7.39. The van der Waals surface area contributed by atoms with Gasteiger partial charge in [-0.1, -0.05) is 11.6 Å². The van der Waals surface area contributed by atoms with E-state index in [0.717, 1.165) is 11.6 Å². The lowest BCUT2D eigenvalue weighted by atomic mass is 10.2. The van der Waals surface area contributed by atoms with Gasteiger partial charge in [0, 0.05) is 41.3 Å². The maximum atomic E-state index is 5.99. The molecule has 15 heavy (non-hydrogen) atoms. The first kappa shape index (κ1) is 10.5. The standard InChI is InChI=1S/C12H14ClNO/c1-3-14-7-9(8-15-2)11-6-10(13)4-5-12(11)14/h4-7H,3,8H2,1-2H3. The van der Waals surface area contributed by atoms with Gasteiger partial charge in [-0.05, 0) is 25.1 Å². The van der Waals surface area contributed by atoms with Crippen LogP contribution in [0.5, 0.6) is 0 Å². The predicted octanol–water partition coefficient (Wildman–Crippen LogP) is 3.46. The third-order valence-corrected chi connectivity index (χ3v) is 2.80. The topological polar surface area (TPSA) is 14.2 Å². The highest BCUT2D eigenvalue weighted by Crippen LogP contribution is 2.25. The van der Waals surface area contributed by atoms with Gasteiger partial charge in [-0.2, -0.15) is 0 Å². The van der Waals surface area contributed by atoms with E-state index in [0.29, 0.717) is 6.61 Å². The number of aromatic nitrogens is 1. The zero-order valence-corrected chi connectivity index (χ0v) is 9.71. The summed E-state index contributed by atoms with van der Waals surface area (Å²) in [5, 5.41) is 1.96. The molecule has 2 nitrogen and oxygen atoms in total. The lowest BCUT2D eigenvalue weighted by Gasteiger charge is -1.99. The number of rotatable bonds is 3. The quantitative estimate of drug-likeness (QED) is 0.777. The van der Waals surface area contributed by atoms with Gasteiger partial charge in [0.25, 0.3) is 0 Å². The Kier molecular flexibility index (Phi) is 2.98. The van der Waals surface area contributed by atoms with Crippen molar-refractivity contribution in [2.45, 2.75) is 20.1 Å². The number of hydrogen-bond acceptors (Lipinski definition) is 1. The van der Waals surface area contributed by atoms with Crippen molar-refractivity contribution in [3.8, 4) is 0 Å². The molecule has 0 aliphatic carbocycles. The fourth-order valence-corrected chi connectivity index (χ4v) is 2.05. The molecule has 1 aromatic carbocycles. The summed E-state index contributed by atoms with van der Waals surface area (Å²) in [6.45, 7) is 3.72. The van der Waals surface area contributed by atoms with Crippen molar-refractivity contribution in [3.05, 3.63) is 35.0 Å². The van der Waals surface area contributed by atoms with E-state index in [1.165, 1.54) is 16.5 Å². The van der Waals surface area contributed by atoms with E-state index >= 15 is 0 Å².